The highest BCUT2D eigenvalue weighted by atomic mass is 16.7. The Morgan fingerprint density at radius 1 is 1.23 bits per heavy atom. The van der Waals surface area contributed by atoms with Gasteiger partial charge in [-0.2, -0.15) is 5.26 Å². The first-order valence-corrected chi connectivity index (χ1v) is 10.2. The molecule has 1 atom stereocenters. The summed E-state index contributed by atoms with van der Waals surface area (Å²) >= 11 is 0. The van der Waals surface area contributed by atoms with Crippen LogP contribution in [-0.4, -0.2) is 38.3 Å². The smallest absolute Gasteiger partial charge is 0.232 e. The van der Waals surface area contributed by atoms with Crippen LogP contribution in [0.15, 0.2) is 42.5 Å². The largest absolute Gasteiger partial charge is 0.494 e. The molecule has 2 aromatic rings. The summed E-state index contributed by atoms with van der Waals surface area (Å²) in [7, 11) is 0. The molecule has 1 fully saturated rings. The van der Waals surface area contributed by atoms with Crippen LogP contribution in [0, 0.1) is 17.2 Å². The Balaban J connectivity index is 1.52. The van der Waals surface area contributed by atoms with Gasteiger partial charge in [0.25, 0.3) is 0 Å². The van der Waals surface area contributed by atoms with Crippen molar-refractivity contribution >= 4 is 23.2 Å². The van der Waals surface area contributed by atoms with E-state index in [1.54, 1.807) is 52.3 Å². The van der Waals surface area contributed by atoms with Gasteiger partial charge < -0.3 is 24.0 Å². The lowest BCUT2D eigenvalue weighted by molar-refractivity contribution is -0.124. The number of carbonyl (C=O) groups excluding carboxylic acids is 2. The summed E-state index contributed by atoms with van der Waals surface area (Å²) in [4.78, 5) is 29.2. The molecule has 0 aromatic heterocycles. The first kappa shape index (κ1) is 20.5. The summed E-state index contributed by atoms with van der Waals surface area (Å²) in [6.45, 7) is 3.15. The fourth-order valence-corrected chi connectivity index (χ4v) is 3.81. The summed E-state index contributed by atoms with van der Waals surface area (Å²) in [5, 5.41) is 9.04. The van der Waals surface area contributed by atoms with E-state index < -0.39 is 5.92 Å². The summed E-state index contributed by atoms with van der Waals surface area (Å²) < 4.78 is 16.2. The Hall–Kier alpha value is -3.73. The molecule has 2 aliphatic rings. The van der Waals surface area contributed by atoms with E-state index in [0.29, 0.717) is 35.2 Å². The van der Waals surface area contributed by atoms with Crippen LogP contribution in [0.4, 0.5) is 11.4 Å². The van der Waals surface area contributed by atoms with Crippen molar-refractivity contribution in [3.05, 3.63) is 42.5 Å². The molecule has 0 N–H and O–H groups in total. The van der Waals surface area contributed by atoms with Crippen LogP contribution in [0.5, 0.6) is 17.2 Å². The molecule has 2 heterocycles. The Bertz CT molecular complexity index is 1010. The highest BCUT2D eigenvalue weighted by molar-refractivity contribution is 6.04. The van der Waals surface area contributed by atoms with E-state index >= 15 is 0 Å². The van der Waals surface area contributed by atoms with Gasteiger partial charge in [-0.1, -0.05) is 0 Å². The van der Waals surface area contributed by atoms with Crippen LogP contribution in [0.25, 0.3) is 0 Å². The van der Waals surface area contributed by atoms with Gasteiger partial charge in [0, 0.05) is 37.0 Å². The van der Waals surface area contributed by atoms with Gasteiger partial charge in [0.1, 0.15) is 5.75 Å². The number of carbonyl (C=O) groups is 2. The average Bonchev–Trinajstić information content (AvgIpc) is 3.41. The number of benzene rings is 2. The van der Waals surface area contributed by atoms with Crippen LogP contribution in [0.1, 0.15) is 19.8 Å². The van der Waals surface area contributed by atoms with Crippen molar-refractivity contribution in [3.8, 4) is 23.3 Å². The van der Waals surface area contributed by atoms with Gasteiger partial charge in [0.15, 0.2) is 11.5 Å². The molecule has 31 heavy (non-hydrogen) atoms. The maximum Gasteiger partial charge on any atom is 0.232 e. The van der Waals surface area contributed by atoms with Crippen molar-refractivity contribution in [3.63, 3.8) is 0 Å². The van der Waals surface area contributed by atoms with E-state index in [1.807, 2.05) is 6.92 Å². The monoisotopic (exact) mass is 421 g/mol. The lowest BCUT2D eigenvalue weighted by Crippen LogP contribution is -2.38. The Morgan fingerprint density at radius 3 is 2.74 bits per heavy atom. The number of rotatable bonds is 7. The number of ether oxygens (including phenoxy) is 3. The van der Waals surface area contributed by atoms with E-state index in [1.165, 1.54) is 0 Å². The van der Waals surface area contributed by atoms with Crippen molar-refractivity contribution in [2.75, 3.05) is 36.3 Å². The normalized spacial score (nSPS) is 16.8. The average molecular weight is 421 g/mol. The lowest BCUT2D eigenvalue weighted by atomic mass is 10.1. The number of hydrogen-bond donors (Lipinski definition) is 0. The van der Waals surface area contributed by atoms with Crippen molar-refractivity contribution in [2.24, 2.45) is 5.92 Å². The molecular formula is C23H23N3O5. The van der Waals surface area contributed by atoms with Crippen molar-refractivity contribution in [2.45, 2.75) is 19.8 Å². The molecule has 2 amide bonds. The van der Waals surface area contributed by atoms with Crippen LogP contribution in [0.3, 0.4) is 0 Å². The zero-order chi connectivity index (χ0) is 21.8. The molecular weight excluding hydrogens is 398 g/mol. The quantitative estimate of drug-likeness (QED) is 0.682. The van der Waals surface area contributed by atoms with Crippen LogP contribution < -0.4 is 24.0 Å². The Morgan fingerprint density at radius 2 is 2.00 bits per heavy atom. The molecule has 0 bridgehead atoms. The number of anilines is 2. The minimum Gasteiger partial charge on any atom is -0.494 e. The van der Waals surface area contributed by atoms with Crippen LogP contribution >= 0.6 is 0 Å². The number of amides is 2. The molecule has 2 aromatic carbocycles. The Kier molecular flexibility index (Phi) is 5.94. The molecule has 0 saturated carbocycles. The zero-order valence-corrected chi connectivity index (χ0v) is 17.2. The predicted octanol–water partition coefficient (Wildman–Crippen LogP) is 3.11. The van der Waals surface area contributed by atoms with Crippen LogP contribution in [0.2, 0.25) is 0 Å². The van der Waals surface area contributed by atoms with E-state index in [2.05, 4.69) is 6.07 Å². The molecule has 1 unspecified atom stereocenters. The Labute approximate surface area is 180 Å². The van der Waals surface area contributed by atoms with Crippen molar-refractivity contribution in [1.29, 1.82) is 5.26 Å². The van der Waals surface area contributed by atoms with Crippen LogP contribution in [-0.2, 0) is 9.59 Å². The van der Waals surface area contributed by atoms with E-state index in [4.69, 9.17) is 19.5 Å². The summed E-state index contributed by atoms with van der Waals surface area (Å²) in [5.41, 5.74) is 1.35. The van der Waals surface area contributed by atoms with E-state index in [0.717, 1.165) is 0 Å². The molecule has 0 spiro atoms. The molecule has 0 radical (unpaired) electrons. The minimum atomic E-state index is -0.497. The number of hydrogen-bond acceptors (Lipinski definition) is 6. The molecule has 160 valence electrons. The molecule has 0 aliphatic carbocycles. The summed E-state index contributed by atoms with van der Waals surface area (Å²) in [6.07, 6.45) is 0.318. The first-order valence-electron chi connectivity index (χ1n) is 10.2. The van der Waals surface area contributed by atoms with E-state index in [9.17, 15) is 9.59 Å². The third-order valence-corrected chi connectivity index (χ3v) is 5.31. The highest BCUT2D eigenvalue weighted by Gasteiger charge is 2.38. The SMILES string of the molecule is CCOc1ccc(N(CCC#N)C(=O)C2CC(=O)N(c3ccc4c(c3)OCO4)C2)cc1. The molecule has 4 rings (SSSR count). The third kappa shape index (κ3) is 4.26. The second-order valence-electron chi connectivity index (χ2n) is 7.27. The maximum atomic E-state index is 13.3. The second kappa shape index (κ2) is 8.96. The zero-order valence-electron chi connectivity index (χ0n) is 17.2. The maximum absolute atomic E-state index is 13.3. The van der Waals surface area contributed by atoms with E-state index in [-0.39, 0.29) is 44.5 Å². The second-order valence-corrected chi connectivity index (χ2v) is 7.27. The first-order chi connectivity index (χ1) is 15.1. The number of nitriles is 1. The number of nitrogens with zero attached hydrogens (tertiary/aromatic N) is 3. The van der Waals surface area contributed by atoms with Crippen molar-refractivity contribution in [1.82, 2.24) is 0 Å². The standard InChI is InChI=1S/C23H23N3O5/c1-2-29-19-7-4-17(5-8-19)25(11-3-10-24)23(28)16-12-22(27)26(14-16)18-6-9-20-21(13-18)31-15-30-20/h4-9,13,16H,2-3,11-12,14-15H2,1H3. The minimum absolute atomic E-state index is 0.118. The topological polar surface area (TPSA) is 92.1 Å². The van der Waals surface area contributed by atoms with Gasteiger partial charge in [-0.05, 0) is 43.3 Å². The van der Waals surface area contributed by atoms with Gasteiger partial charge in [-0.25, -0.2) is 0 Å². The van der Waals surface area contributed by atoms with Gasteiger partial charge in [-0.15, -0.1) is 0 Å². The van der Waals surface area contributed by atoms with Gasteiger partial charge in [0.05, 0.1) is 25.0 Å². The number of fused-ring (bicyclic) bond motifs is 1. The van der Waals surface area contributed by atoms with Gasteiger partial charge in [0.2, 0.25) is 18.6 Å². The summed E-state index contributed by atoms with van der Waals surface area (Å²) in [6, 6.07) is 14.6. The molecule has 8 nitrogen and oxygen atoms in total. The fourth-order valence-electron chi connectivity index (χ4n) is 3.81. The van der Waals surface area contributed by atoms with Gasteiger partial charge >= 0.3 is 0 Å². The van der Waals surface area contributed by atoms with Crippen molar-refractivity contribution < 1.29 is 23.8 Å². The molecule has 1 saturated heterocycles. The molecule has 8 heteroatoms. The third-order valence-electron chi connectivity index (χ3n) is 5.31. The molecule has 2 aliphatic heterocycles. The fraction of sp³-hybridized carbons (Fsp3) is 0.348. The van der Waals surface area contributed by atoms with Gasteiger partial charge in [-0.3, -0.25) is 9.59 Å². The summed E-state index contributed by atoms with van der Waals surface area (Å²) in [5.74, 6) is 1.15. The lowest BCUT2D eigenvalue weighted by Gasteiger charge is -2.25. The highest BCUT2D eigenvalue weighted by Crippen LogP contribution is 2.37. The predicted molar refractivity (Wildman–Crippen MR) is 113 cm³/mol.